The highest BCUT2D eigenvalue weighted by Crippen LogP contribution is 2.40. The smallest absolute Gasteiger partial charge is 0.177 e. The fourth-order valence-electron chi connectivity index (χ4n) is 2.94. The van der Waals surface area contributed by atoms with Crippen molar-refractivity contribution in [1.82, 2.24) is 15.0 Å². The molecule has 0 bridgehead atoms. The fourth-order valence-corrected chi connectivity index (χ4v) is 4.47. The lowest BCUT2D eigenvalue weighted by atomic mass is 10.1. The number of fused-ring (bicyclic) bond motifs is 2. The Morgan fingerprint density at radius 2 is 2.00 bits per heavy atom. The molecule has 25 heavy (non-hydrogen) atoms. The number of furan rings is 1. The van der Waals surface area contributed by atoms with Gasteiger partial charge in [-0.25, -0.2) is 9.97 Å². The zero-order valence-electron chi connectivity index (χ0n) is 13.2. The Kier molecular flexibility index (Phi) is 3.13. The third-order valence-corrected chi connectivity index (χ3v) is 5.83. The van der Waals surface area contributed by atoms with Crippen molar-refractivity contribution in [3.63, 3.8) is 0 Å². The lowest BCUT2D eigenvalue weighted by Gasteiger charge is -1.99. The molecule has 0 aliphatic rings. The van der Waals surface area contributed by atoms with E-state index in [2.05, 4.69) is 20.3 Å². The molecule has 0 aliphatic heterocycles. The number of nitrogen functional groups attached to an aromatic ring is 1. The Balaban J connectivity index is 1.78. The molecule has 5 aromatic heterocycles. The first-order valence-electron chi connectivity index (χ1n) is 7.63. The Bertz CT molecular complexity index is 1230. The molecule has 5 aromatic rings. The highest BCUT2D eigenvalue weighted by Gasteiger charge is 2.17. The molecule has 0 aliphatic carbocycles. The van der Waals surface area contributed by atoms with Crippen LogP contribution in [0.15, 0.2) is 45.9 Å². The number of aromatic nitrogens is 3. The van der Waals surface area contributed by atoms with E-state index in [1.54, 1.807) is 35.1 Å². The Labute approximate surface area is 150 Å². The first-order valence-corrected chi connectivity index (χ1v) is 9.39. The van der Waals surface area contributed by atoms with Crippen LogP contribution < -0.4 is 5.73 Å². The second kappa shape index (κ2) is 5.37. The van der Waals surface area contributed by atoms with E-state index in [0.717, 1.165) is 43.1 Å². The molecule has 0 saturated carbocycles. The van der Waals surface area contributed by atoms with Gasteiger partial charge in [0.15, 0.2) is 11.4 Å². The zero-order chi connectivity index (χ0) is 17.0. The molecule has 0 saturated heterocycles. The summed E-state index contributed by atoms with van der Waals surface area (Å²) in [5.41, 5.74) is 9.53. The number of nitrogens with zero attached hydrogens (tertiary/aromatic N) is 3. The average molecular weight is 364 g/mol. The van der Waals surface area contributed by atoms with Crippen LogP contribution in [0.2, 0.25) is 0 Å². The molecular formula is C18H12N4OS2. The van der Waals surface area contributed by atoms with Crippen LogP contribution >= 0.6 is 22.7 Å². The molecular weight excluding hydrogens is 352 g/mol. The summed E-state index contributed by atoms with van der Waals surface area (Å²) in [5, 5.41) is 7.18. The van der Waals surface area contributed by atoms with E-state index in [-0.39, 0.29) is 0 Å². The molecule has 2 N–H and O–H groups in total. The largest absolute Gasteiger partial charge is 0.452 e. The van der Waals surface area contributed by atoms with E-state index in [4.69, 9.17) is 10.2 Å². The first kappa shape index (κ1) is 14.6. The minimum absolute atomic E-state index is 0.387. The lowest BCUT2D eigenvalue weighted by Crippen LogP contribution is -1.91. The number of aryl methyl sites for hydroxylation is 1. The predicted octanol–water partition coefficient (Wildman–Crippen LogP) is 5.12. The minimum Gasteiger partial charge on any atom is -0.452 e. The molecule has 0 amide bonds. The van der Waals surface area contributed by atoms with E-state index >= 15 is 0 Å². The molecule has 5 heterocycles. The van der Waals surface area contributed by atoms with Gasteiger partial charge in [0, 0.05) is 51.3 Å². The maximum atomic E-state index is 6.09. The van der Waals surface area contributed by atoms with Crippen LogP contribution in [0.1, 0.15) is 5.01 Å². The van der Waals surface area contributed by atoms with Gasteiger partial charge in [0.05, 0.1) is 15.4 Å². The number of nitrogens with two attached hydrogens (primary N) is 1. The van der Waals surface area contributed by atoms with Gasteiger partial charge in [-0.1, -0.05) is 0 Å². The summed E-state index contributed by atoms with van der Waals surface area (Å²) in [6.45, 7) is 1.99. The Morgan fingerprint density at radius 1 is 1.08 bits per heavy atom. The van der Waals surface area contributed by atoms with Gasteiger partial charge in [-0.15, -0.1) is 22.7 Å². The van der Waals surface area contributed by atoms with Gasteiger partial charge in [0.1, 0.15) is 5.76 Å². The molecule has 0 aromatic carbocycles. The van der Waals surface area contributed by atoms with Crippen LogP contribution in [0.3, 0.4) is 0 Å². The second-order valence-corrected chi connectivity index (χ2v) is 7.66. The van der Waals surface area contributed by atoms with Crippen molar-refractivity contribution in [1.29, 1.82) is 0 Å². The van der Waals surface area contributed by atoms with Gasteiger partial charge in [-0.3, -0.25) is 4.98 Å². The molecule has 0 radical (unpaired) electrons. The number of rotatable bonds is 2. The quantitative estimate of drug-likeness (QED) is 0.470. The number of anilines is 1. The van der Waals surface area contributed by atoms with Crippen LogP contribution in [0.5, 0.6) is 0 Å². The van der Waals surface area contributed by atoms with Crippen molar-refractivity contribution in [2.24, 2.45) is 0 Å². The van der Waals surface area contributed by atoms with Gasteiger partial charge >= 0.3 is 0 Å². The standard InChI is InChI=1S/C18H12N4OS2/c1-9-22-14(8-24-9)12-5-21-18(19)17-11(12)4-15(23-17)13-7-25-16-6-20-3-2-10(13)16/h2-8H,1H3,(H2,19,21). The lowest BCUT2D eigenvalue weighted by molar-refractivity contribution is 0.632. The summed E-state index contributed by atoms with van der Waals surface area (Å²) in [5.74, 6) is 1.17. The van der Waals surface area contributed by atoms with Crippen molar-refractivity contribution in [3.8, 4) is 22.6 Å². The van der Waals surface area contributed by atoms with Crippen molar-refractivity contribution >= 4 is 49.5 Å². The normalized spacial score (nSPS) is 11.6. The SMILES string of the molecule is Cc1nc(-c2cnc(N)c3oc(-c4csc5cnccc45)cc23)cs1. The molecule has 0 fully saturated rings. The number of thiophene rings is 1. The molecule has 122 valence electrons. The van der Waals surface area contributed by atoms with Crippen molar-refractivity contribution < 1.29 is 4.42 Å². The summed E-state index contributed by atoms with van der Waals surface area (Å²) in [7, 11) is 0. The van der Waals surface area contributed by atoms with Gasteiger partial charge in [-0.05, 0) is 19.1 Å². The summed E-state index contributed by atoms with van der Waals surface area (Å²) >= 11 is 3.26. The molecule has 0 spiro atoms. The van der Waals surface area contributed by atoms with Gasteiger partial charge in [0.2, 0.25) is 0 Å². The Hall–Kier alpha value is -2.77. The topological polar surface area (TPSA) is 77.8 Å². The van der Waals surface area contributed by atoms with Crippen molar-refractivity contribution in [3.05, 3.63) is 46.5 Å². The van der Waals surface area contributed by atoms with E-state index in [1.165, 1.54) is 0 Å². The monoisotopic (exact) mass is 364 g/mol. The van der Waals surface area contributed by atoms with Crippen LogP contribution in [-0.2, 0) is 0 Å². The van der Waals surface area contributed by atoms with E-state index in [0.29, 0.717) is 11.4 Å². The average Bonchev–Trinajstić information content (AvgIpc) is 3.32. The van der Waals surface area contributed by atoms with E-state index in [1.807, 2.05) is 30.6 Å². The number of thiazole rings is 1. The maximum absolute atomic E-state index is 6.09. The van der Waals surface area contributed by atoms with E-state index < -0.39 is 0 Å². The summed E-state index contributed by atoms with van der Waals surface area (Å²) in [6.07, 6.45) is 5.42. The van der Waals surface area contributed by atoms with Crippen LogP contribution in [-0.4, -0.2) is 15.0 Å². The summed E-state index contributed by atoms with van der Waals surface area (Å²) in [6, 6.07) is 4.03. The minimum atomic E-state index is 0.387. The van der Waals surface area contributed by atoms with Crippen LogP contribution in [0.4, 0.5) is 5.82 Å². The molecule has 0 unspecified atom stereocenters. The third-order valence-electron chi connectivity index (χ3n) is 4.13. The van der Waals surface area contributed by atoms with E-state index in [9.17, 15) is 0 Å². The number of hydrogen-bond acceptors (Lipinski definition) is 7. The fraction of sp³-hybridized carbons (Fsp3) is 0.0556. The highest BCUT2D eigenvalue weighted by atomic mass is 32.1. The molecule has 7 heteroatoms. The molecule has 0 atom stereocenters. The summed E-state index contributed by atoms with van der Waals surface area (Å²) < 4.78 is 7.22. The van der Waals surface area contributed by atoms with Gasteiger partial charge < -0.3 is 10.2 Å². The Morgan fingerprint density at radius 3 is 2.84 bits per heavy atom. The second-order valence-electron chi connectivity index (χ2n) is 5.68. The first-order chi connectivity index (χ1) is 12.2. The van der Waals surface area contributed by atoms with Gasteiger partial charge in [-0.2, -0.15) is 0 Å². The molecule has 5 rings (SSSR count). The highest BCUT2D eigenvalue weighted by molar-refractivity contribution is 7.17. The van der Waals surface area contributed by atoms with Gasteiger partial charge in [0.25, 0.3) is 0 Å². The molecule has 5 nitrogen and oxygen atoms in total. The van der Waals surface area contributed by atoms with Crippen molar-refractivity contribution in [2.75, 3.05) is 5.73 Å². The van der Waals surface area contributed by atoms with Crippen LogP contribution in [0, 0.1) is 6.92 Å². The maximum Gasteiger partial charge on any atom is 0.177 e. The van der Waals surface area contributed by atoms with Crippen molar-refractivity contribution in [2.45, 2.75) is 6.92 Å². The predicted molar refractivity (Wildman–Crippen MR) is 103 cm³/mol. The summed E-state index contributed by atoms with van der Waals surface area (Å²) in [4.78, 5) is 13.0. The number of hydrogen-bond donors (Lipinski definition) is 1. The zero-order valence-corrected chi connectivity index (χ0v) is 14.8. The third kappa shape index (κ3) is 2.24. The number of pyridine rings is 2. The van der Waals surface area contributed by atoms with Crippen LogP contribution in [0.25, 0.3) is 43.6 Å².